The van der Waals surface area contributed by atoms with Gasteiger partial charge in [-0.1, -0.05) is 17.7 Å². The quantitative estimate of drug-likeness (QED) is 0.629. The maximum atomic E-state index is 13.2. The van der Waals surface area contributed by atoms with E-state index in [-0.39, 0.29) is 30.6 Å². The summed E-state index contributed by atoms with van der Waals surface area (Å²) in [6, 6.07) is 7.24. The Labute approximate surface area is 210 Å². The van der Waals surface area contributed by atoms with Gasteiger partial charge < -0.3 is 15.1 Å². The van der Waals surface area contributed by atoms with Gasteiger partial charge in [0.05, 0.1) is 4.88 Å². The van der Waals surface area contributed by atoms with E-state index in [2.05, 4.69) is 28.1 Å². The number of piperazine rings is 1. The van der Waals surface area contributed by atoms with Crippen LogP contribution in [-0.2, 0) is 4.79 Å². The Hall–Kier alpha value is -1.82. The molecule has 1 N–H and O–H groups in total. The molecule has 2 aromatic rings. The number of carbonyl (C=O) groups is 2. The highest BCUT2D eigenvalue weighted by Crippen LogP contribution is 2.28. The largest absolute Gasteiger partial charge is 0.339 e. The van der Waals surface area contributed by atoms with E-state index >= 15 is 0 Å². The van der Waals surface area contributed by atoms with Gasteiger partial charge in [0.1, 0.15) is 6.04 Å². The first-order valence-electron chi connectivity index (χ1n) is 11.1. The van der Waals surface area contributed by atoms with Gasteiger partial charge in [-0.25, -0.2) is 0 Å². The van der Waals surface area contributed by atoms with E-state index in [1.54, 1.807) is 6.07 Å². The normalized spacial score (nSPS) is 19.0. The van der Waals surface area contributed by atoms with Crippen molar-refractivity contribution in [3.63, 3.8) is 0 Å². The lowest BCUT2D eigenvalue weighted by Crippen LogP contribution is -2.57. The maximum Gasteiger partial charge on any atom is 0.262 e. The fourth-order valence-electron chi connectivity index (χ4n) is 4.55. The summed E-state index contributed by atoms with van der Waals surface area (Å²) >= 11 is 7.42. The number of thiophene rings is 1. The van der Waals surface area contributed by atoms with Gasteiger partial charge in [-0.3, -0.25) is 14.5 Å². The molecule has 0 spiro atoms. The highest BCUT2D eigenvalue weighted by molar-refractivity contribution is 7.20. The number of hydrogen-bond acceptors (Lipinski definition) is 5. The minimum absolute atomic E-state index is 0. The van der Waals surface area contributed by atoms with E-state index in [9.17, 15) is 9.59 Å². The van der Waals surface area contributed by atoms with Crippen LogP contribution in [0.15, 0.2) is 24.3 Å². The first-order valence-corrected chi connectivity index (χ1v) is 12.3. The molecule has 1 aromatic carbocycles. The van der Waals surface area contributed by atoms with Crippen molar-refractivity contribution in [1.29, 1.82) is 0 Å². The Kier molecular flexibility index (Phi) is 9.02. The fraction of sp³-hybridized carbons (Fsp3) is 0.500. The van der Waals surface area contributed by atoms with Gasteiger partial charge >= 0.3 is 0 Å². The average Bonchev–Trinajstić information content (AvgIpc) is 3.22. The Morgan fingerprint density at radius 1 is 1.18 bits per heavy atom. The Balaban J connectivity index is 0.00000306. The van der Waals surface area contributed by atoms with Crippen LogP contribution in [0.2, 0.25) is 5.02 Å². The van der Waals surface area contributed by atoms with E-state index < -0.39 is 6.04 Å². The lowest BCUT2D eigenvalue weighted by atomic mass is 10.0. The number of amides is 2. The Morgan fingerprint density at radius 2 is 1.88 bits per heavy atom. The third-order valence-electron chi connectivity index (χ3n) is 6.46. The zero-order valence-electron chi connectivity index (χ0n) is 18.8. The van der Waals surface area contributed by atoms with Crippen molar-refractivity contribution < 1.29 is 9.59 Å². The van der Waals surface area contributed by atoms with Crippen LogP contribution in [0.25, 0.3) is 10.1 Å². The highest BCUT2D eigenvalue weighted by atomic mass is 35.5. The molecule has 178 valence electrons. The summed E-state index contributed by atoms with van der Waals surface area (Å²) in [6.45, 7) is 5.34. The van der Waals surface area contributed by atoms with Gasteiger partial charge in [0.2, 0.25) is 5.91 Å². The first kappa shape index (κ1) is 25.8. The summed E-state index contributed by atoms with van der Waals surface area (Å²) in [7, 11) is 2.17. The number of likely N-dealkylation sites (tertiary alicyclic amines) is 1. The van der Waals surface area contributed by atoms with Crippen LogP contribution in [-0.4, -0.2) is 84.9 Å². The van der Waals surface area contributed by atoms with Gasteiger partial charge in [-0.15, -0.1) is 36.1 Å². The van der Waals surface area contributed by atoms with Gasteiger partial charge in [0, 0.05) is 48.4 Å². The number of nitrogens with one attached hydrogen (secondary N) is 1. The highest BCUT2D eigenvalue weighted by Gasteiger charge is 2.31. The van der Waals surface area contributed by atoms with Gasteiger partial charge in [-0.05, 0) is 56.6 Å². The third kappa shape index (κ3) is 6.20. The van der Waals surface area contributed by atoms with Crippen molar-refractivity contribution in [3.05, 3.63) is 34.2 Å². The van der Waals surface area contributed by atoms with Crippen LogP contribution in [0.1, 0.15) is 28.9 Å². The van der Waals surface area contributed by atoms with E-state index in [0.717, 1.165) is 36.3 Å². The second-order valence-electron chi connectivity index (χ2n) is 8.62. The molecule has 2 aliphatic rings. The Morgan fingerprint density at radius 3 is 2.55 bits per heavy atom. The number of rotatable bonds is 5. The monoisotopic (exact) mass is 508 g/mol. The number of nitrogens with zero attached hydrogens (tertiary/aromatic N) is 3. The first-order chi connectivity index (χ1) is 15.4. The summed E-state index contributed by atoms with van der Waals surface area (Å²) in [5.74, 6) is 2.18. The van der Waals surface area contributed by atoms with Crippen molar-refractivity contribution in [2.75, 3.05) is 46.3 Å². The molecule has 6 nitrogen and oxygen atoms in total. The van der Waals surface area contributed by atoms with Crippen LogP contribution >= 0.6 is 35.3 Å². The number of benzene rings is 1. The summed E-state index contributed by atoms with van der Waals surface area (Å²) in [5, 5.41) is 4.46. The molecule has 9 heteroatoms. The summed E-state index contributed by atoms with van der Waals surface area (Å²) in [5.41, 5.74) is 0. The fourth-order valence-corrected chi connectivity index (χ4v) is 5.79. The zero-order chi connectivity index (χ0) is 22.7. The van der Waals surface area contributed by atoms with Gasteiger partial charge in [0.25, 0.3) is 5.91 Å². The average molecular weight is 510 g/mol. The molecule has 0 unspecified atom stereocenters. The van der Waals surface area contributed by atoms with E-state index in [1.165, 1.54) is 24.2 Å². The minimum atomic E-state index is -0.712. The third-order valence-corrected chi connectivity index (χ3v) is 7.79. The smallest absolute Gasteiger partial charge is 0.262 e. The van der Waals surface area contributed by atoms with Crippen LogP contribution in [0.5, 0.6) is 0 Å². The molecule has 0 radical (unpaired) electrons. The second-order valence-corrected chi connectivity index (χ2v) is 10.1. The molecule has 0 bridgehead atoms. The minimum Gasteiger partial charge on any atom is -0.339 e. The summed E-state index contributed by atoms with van der Waals surface area (Å²) in [4.78, 5) is 33.3. The van der Waals surface area contributed by atoms with Crippen LogP contribution in [0.4, 0.5) is 0 Å². The predicted octanol–water partition coefficient (Wildman–Crippen LogP) is 3.34. The Bertz CT molecular complexity index is 1020. The van der Waals surface area contributed by atoms with Crippen LogP contribution in [0, 0.1) is 12.3 Å². The maximum absolute atomic E-state index is 13.2. The van der Waals surface area contributed by atoms with Crippen molar-refractivity contribution in [3.8, 4) is 12.3 Å². The van der Waals surface area contributed by atoms with E-state index in [0.29, 0.717) is 29.0 Å². The molecule has 3 heterocycles. The van der Waals surface area contributed by atoms with Crippen LogP contribution in [0.3, 0.4) is 0 Å². The molecule has 2 fully saturated rings. The molecule has 2 aliphatic heterocycles. The summed E-state index contributed by atoms with van der Waals surface area (Å²) < 4.78 is 0.938. The lowest BCUT2D eigenvalue weighted by molar-refractivity contribution is -0.135. The van der Waals surface area contributed by atoms with Crippen molar-refractivity contribution in [1.82, 2.24) is 20.0 Å². The van der Waals surface area contributed by atoms with Gasteiger partial charge in [0.15, 0.2) is 0 Å². The number of carbonyl (C=O) groups excluding carboxylic acids is 2. The van der Waals surface area contributed by atoms with Gasteiger partial charge in [-0.2, -0.15) is 0 Å². The number of piperidine rings is 1. The molecular formula is C24H30Cl2N4O2S. The van der Waals surface area contributed by atoms with Crippen molar-refractivity contribution in [2.45, 2.75) is 31.3 Å². The van der Waals surface area contributed by atoms with E-state index in [4.69, 9.17) is 18.0 Å². The molecule has 2 amide bonds. The number of halogens is 2. The second kappa shape index (κ2) is 11.5. The number of fused-ring (bicyclic) bond motifs is 1. The predicted molar refractivity (Wildman–Crippen MR) is 137 cm³/mol. The standard InChI is InChI=1S/C24H29ClN4O2S.ClH/c1-3-4-20(26-23(30)22-15-17-5-6-18(25)16-21(17)32-22)24(31)29-13-11-28(12-14-29)19-7-9-27(2)10-8-19;/h1,5-6,15-16,19-20H,4,7-14H2,2H3,(H,26,30);1H/t20-;/m1./s1. The molecule has 4 rings (SSSR count). The zero-order valence-corrected chi connectivity index (χ0v) is 21.1. The summed E-state index contributed by atoms with van der Waals surface area (Å²) in [6.07, 6.45) is 8.06. The SMILES string of the molecule is C#CC[C@@H](NC(=O)c1cc2ccc(Cl)cc2s1)C(=O)N1CCN(C2CCN(C)CC2)CC1.Cl. The van der Waals surface area contributed by atoms with Crippen LogP contribution < -0.4 is 5.32 Å². The number of hydrogen-bond donors (Lipinski definition) is 1. The van der Waals surface area contributed by atoms with Crippen molar-refractivity contribution in [2.24, 2.45) is 0 Å². The molecule has 33 heavy (non-hydrogen) atoms. The van der Waals surface area contributed by atoms with Crippen molar-refractivity contribution >= 4 is 57.2 Å². The topological polar surface area (TPSA) is 55.9 Å². The molecular weight excluding hydrogens is 479 g/mol. The molecule has 0 saturated carbocycles. The number of terminal acetylenes is 1. The van der Waals surface area contributed by atoms with E-state index in [1.807, 2.05) is 23.1 Å². The molecule has 0 aliphatic carbocycles. The molecule has 1 atom stereocenters. The lowest BCUT2D eigenvalue weighted by Gasteiger charge is -2.42. The molecule has 2 saturated heterocycles. The molecule has 1 aromatic heterocycles.